The number of hydrogen-bond donors (Lipinski definition) is 1. The monoisotopic (exact) mass is 313 g/mol. The molecular formula is C13H16BrNOS. The Morgan fingerprint density at radius 3 is 2.76 bits per heavy atom. The molecule has 2 unspecified atom stereocenters. The first-order chi connectivity index (χ1) is 8.16. The molecule has 2 atom stereocenters. The maximum atomic E-state index is 12.0. The molecule has 0 bridgehead atoms. The van der Waals surface area contributed by atoms with Gasteiger partial charge in [-0.1, -0.05) is 28.1 Å². The summed E-state index contributed by atoms with van der Waals surface area (Å²) in [6.07, 6.45) is 1.02. The summed E-state index contributed by atoms with van der Waals surface area (Å²) in [4.78, 5) is 12.0. The zero-order valence-electron chi connectivity index (χ0n) is 9.78. The van der Waals surface area contributed by atoms with Gasteiger partial charge in [0, 0.05) is 16.1 Å². The summed E-state index contributed by atoms with van der Waals surface area (Å²) < 4.78 is 1.06. The number of thioether (sulfide) groups is 1. The number of benzene rings is 1. The minimum atomic E-state index is 0.0844. The summed E-state index contributed by atoms with van der Waals surface area (Å²) in [5.74, 6) is 2.49. The molecule has 1 aliphatic rings. The van der Waals surface area contributed by atoms with Gasteiger partial charge in [-0.3, -0.25) is 4.79 Å². The summed E-state index contributed by atoms with van der Waals surface area (Å²) in [5, 5.41) is 3.09. The molecule has 4 heteroatoms. The fourth-order valence-corrected chi connectivity index (χ4v) is 3.39. The molecule has 92 valence electrons. The Hall–Kier alpha value is -0.480. The SMILES string of the molecule is CC(NC(=O)C1CCSC1)c1ccc(Br)cc1. The second-order valence-corrected chi connectivity index (χ2v) is 6.41. The molecule has 1 N–H and O–H groups in total. The van der Waals surface area contributed by atoms with Crippen LogP contribution in [0, 0.1) is 5.92 Å². The van der Waals surface area contributed by atoms with Crippen LogP contribution in [-0.2, 0) is 4.79 Å². The summed E-state index contributed by atoms with van der Waals surface area (Å²) in [5.41, 5.74) is 1.15. The van der Waals surface area contributed by atoms with Gasteiger partial charge in [-0.05, 0) is 36.8 Å². The molecular weight excluding hydrogens is 298 g/mol. The van der Waals surface area contributed by atoms with E-state index in [0.29, 0.717) is 0 Å². The second-order valence-electron chi connectivity index (χ2n) is 4.34. The van der Waals surface area contributed by atoms with Gasteiger partial charge in [0.15, 0.2) is 0 Å². The average Bonchev–Trinajstić information content (AvgIpc) is 2.83. The number of carbonyl (C=O) groups excluding carboxylic acids is 1. The first-order valence-corrected chi connectivity index (χ1v) is 7.75. The van der Waals surface area contributed by atoms with E-state index in [-0.39, 0.29) is 17.9 Å². The van der Waals surface area contributed by atoms with Crippen LogP contribution in [0.5, 0.6) is 0 Å². The van der Waals surface area contributed by atoms with Gasteiger partial charge in [0.25, 0.3) is 0 Å². The Kier molecular flexibility index (Phi) is 4.51. The van der Waals surface area contributed by atoms with Crippen molar-refractivity contribution in [1.82, 2.24) is 5.32 Å². The summed E-state index contributed by atoms with van der Waals surface area (Å²) >= 11 is 5.28. The van der Waals surface area contributed by atoms with Crippen LogP contribution < -0.4 is 5.32 Å². The Morgan fingerprint density at radius 2 is 2.18 bits per heavy atom. The van der Waals surface area contributed by atoms with Crippen LogP contribution in [0.4, 0.5) is 0 Å². The highest BCUT2D eigenvalue weighted by Crippen LogP contribution is 2.24. The molecule has 2 nitrogen and oxygen atoms in total. The highest BCUT2D eigenvalue weighted by atomic mass is 79.9. The lowest BCUT2D eigenvalue weighted by Crippen LogP contribution is -2.32. The average molecular weight is 314 g/mol. The lowest BCUT2D eigenvalue weighted by atomic mass is 10.1. The molecule has 1 aromatic rings. The summed E-state index contributed by atoms with van der Waals surface area (Å²) in [7, 11) is 0. The van der Waals surface area contributed by atoms with E-state index in [2.05, 4.69) is 21.2 Å². The maximum absolute atomic E-state index is 12.0. The van der Waals surface area contributed by atoms with Crippen molar-refractivity contribution in [3.05, 3.63) is 34.3 Å². The minimum absolute atomic E-state index is 0.0844. The van der Waals surface area contributed by atoms with E-state index in [0.717, 1.165) is 28.0 Å². The number of amides is 1. The lowest BCUT2D eigenvalue weighted by Gasteiger charge is -2.17. The largest absolute Gasteiger partial charge is 0.349 e. The van der Waals surface area contributed by atoms with Gasteiger partial charge in [0.05, 0.1) is 6.04 Å². The minimum Gasteiger partial charge on any atom is -0.349 e. The van der Waals surface area contributed by atoms with Gasteiger partial charge in [-0.2, -0.15) is 11.8 Å². The number of halogens is 1. The third kappa shape index (κ3) is 3.49. The zero-order chi connectivity index (χ0) is 12.3. The Labute approximate surface area is 115 Å². The third-order valence-corrected chi connectivity index (χ3v) is 4.72. The number of hydrogen-bond acceptors (Lipinski definition) is 2. The Morgan fingerprint density at radius 1 is 1.47 bits per heavy atom. The van der Waals surface area contributed by atoms with E-state index in [1.54, 1.807) is 0 Å². The van der Waals surface area contributed by atoms with E-state index < -0.39 is 0 Å². The number of nitrogens with one attached hydrogen (secondary N) is 1. The van der Waals surface area contributed by atoms with Crippen molar-refractivity contribution >= 4 is 33.6 Å². The van der Waals surface area contributed by atoms with Gasteiger partial charge < -0.3 is 5.32 Å². The molecule has 1 aromatic carbocycles. The molecule has 0 aliphatic carbocycles. The van der Waals surface area contributed by atoms with E-state index in [9.17, 15) is 4.79 Å². The number of rotatable bonds is 3. The van der Waals surface area contributed by atoms with Gasteiger partial charge in [0.1, 0.15) is 0 Å². The molecule has 17 heavy (non-hydrogen) atoms. The van der Waals surface area contributed by atoms with Crippen LogP contribution in [0.3, 0.4) is 0 Å². The van der Waals surface area contributed by atoms with Crippen molar-refractivity contribution in [3.63, 3.8) is 0 Å². The van der Waals surface area contributed by atoms with Crippen LogP contribution in [0.25, 0.3) is 0 Å². The van der Waals surface area contributed by atoms with Crippen molar-refractivity contribution in [1.29, 1.82) is 0 Å². The normalized spacial score (nSPS) is 21.2. The van der Waals surface area contributed by atoms with Gasteiger partial charge in [0.2, 0.25) is 5.91 Å². The van der Waals surface area contributed by atoms with E-state index in [1.807, 2.05) is 43.0 Å². The van der Waals surface area contributed by atoms with E-state index >= 15 is 0 Å². The Balaban J connectivity index is 1.93. The molecule has 0 spiro atoms. The highest BCUT2D eigenvalue weighted by molar-refractivity contribution is 9.10. The molecule has 0 aromatic heterocycles. The van der Waals surface area contributed by atoms with E-state index in [1.165, 1.54) is 0 Å². The van der Waals surface area contributed by atoms with Crippen LogP contribution in [0.15, 0.2) is 28.7 Å². The number of carbonyl (C=O) groups is 1. The van der Waals surface area contributed by atoms with Crippen molar-refractivity contribution in [2.45, 2.75) is 19.4 Å². The smallest absolute Gasteiger partial charge is 0.224 e. The predicted octanol–water partition coefficient (Wildman–Crippen LogP) is 3.38. The summed E-state index contributed by atoms with van der Waals surface area (Å²) in [6.45, 7) is 2.03. The fourth-order valence-electron chi connectivity index (χ4n) is 1.91. The highest BCUT2D eigenvalue weighted by Gasteiger charge is 2.24. The Bertz CT molecular complexity index is 387. The molecule has 1 aliphatic heterocycles. The summed E-state index contributed by atoms with van der Waals surface area (Å²) in [6, 6.07) is 8.17. The first-order valence-electron chi connectivity index (χ1n) is 5.80. The van der Waals surface area contributed by atoms with Crippen LogP contribution >= 0.6 is 27.7 Å². The topological polar surface area (TPSA) is 29.1 Å². The molecule has 1 fully saturated rings. The van der Waals surface area contributed by atoms with Crippen LogP contribution in [0.2, 0.25) is 0 Å². The van der Waals surface area contributed by atoms with Gasteiger partial charge in [-0.25, -0.2) is 0 Å². The quantitative estimate of drug-likeness (QED) is 0.927. The predicted molar refractivity (Wildman–Crippen MR) is 76.1 cm³/mol. The first kappa shape index (κ1) is 13.0. The second kappa shape index (κ2) is 5.91. The molecule has 1 saturated heterocycles. The zero-order valence-corrected chi connectivity index (χ0v) is 12.2. The van der Waals surface area contributed by atoms with Crippen LogP contribution in [-0.4, -0.2) is 17.4 Å². The van der Waals surface area contributed by atoms with Gasteiger partial charge >= 0.3 is 0 Å². The molecule has 0 radical (unpaired) electrons. The van der Waals surface area contributed by atoms with Crippen molar-refractivity contribution in [2.24, 2.45) is 5.92 Å². The van der Waals surface area contributed by atoms with Gasteiger partial charge in [-0.15, -0.1) is 0 Å². The molecule has 0 saturated carbocycles. The molecule has 2 rings (SSSR count). The van der Waals surface area contributed by atoms with Crippen LogP contribution in [0.1, 0.15) is 24.9 Å². The third-order valence-electron chi connectivity index (χ3n) is 3.03. The fraction of sp³-hybridized carbons (Fsp3) is 0.462. The van der Waals surface area contributed by atoms with E-state index in [4.69, 9.17) is 0 Å². The molecule has 1 heterocycles. The van der Waals surface area contributed by atoms with Crippen molar-refractivity contribution < 1.29 is 4.79 Å². The van der Waals surface area contributed by atoms with Crippen molar-refractivity contribution in [3.8, 4) is 0 Å². The maximum Gasteiger partial charge on any atom is 0.224 e. The molecule has 1 amide bonds. The standard InChI is InChI=1S/C13H16BrNOS/c1-9(10-2-4-12(14)5-3-10)15-13(16)11-6-7-17-8-11/h2-5,9,11H,6-8H2,1H3,(H,15,16). The lowest BCUT2D eigenvalue weighted by molar-refractivity contribution is -0.124. The van der Waals surface area contributed by atoms with Crippen molar-refractivity contribution in [2.75, 3.05) is 11.5 Å².